The topological polar surface area (TPSA) is 110 Å². The first-order valence-corrected chi connectivity index (χ1v) is 4.54. The lowest BCUT2D eigenvalue weighted by atomic mass is 10.1. The number of carbonyl (C=O) groups excluding carboxylic acids is 2. The number of carbonyl (C=O) groups is 2. The molecule has 0 spiro atoms. The number of nitrogens with one attached hydrogen (secondary N) is 2. The van der Waals surface area contributed by atoms with Crippen molar-refractivity contribution < 1.29 is 9.59 Å². The Hall–Kier alpha value is -1.14. The second-order valence-corrected chi connectivity index (χ2v) is 3.00. The van der Waals surface area contributed by atoms with Crippen molar-refractivity contribution in [3.63, 3.8) is 0 Å². The molecule has 6 N–H and O–H groups in total. The van der Waals surface area contributed by atoms with Gasteiger partial charge in [-0.1, -0.05) is 0 Å². The van der Waals surface area contributed by atoms with Gasteiger partial charge in [0.25, 0.3) is 0 Å². The predicted octanol–water partition coefficient (Wildman–Crippen LogP) is -2.09. The quantitative estimate of drug-likeness (QED) is 0.355. The summed E-state index contributed by atoms with van der Waals surface area (Å²) in [6, 6.07) is -0.731. The summed E-state index contributed by atoms with van der Waals surface area (Å²) in [7, 11) is 1.80. The van der Waals surface area contributed by atoms with Crippen LogP contribution in [0.3, 0.4) is 0 Å². The molecule has 0 heterocycles. The zero-order chi connectivity index (χ0) is 11.0. The van der Waals surface area contributed by atoms with Gasteiger partial charge < -0.3 is 22.1 Å². The second kappa shape index (κ2) is 7.28. The molecule has 0 rings (SSSR count). The van der Waals surface area contributed by atoms with Gasteiger partial charge in [-0.15, -0.1) is 0 Å². The normalized spacial score (nSPS) is 12.1. The van der Waals surface area contributed by atoms with Gasteiger partial charge in [0.1, 0.15) is 0 Å². The molecule has 0 aromatic carbocycles. The Morgan fingerprint density at radius 2 is 2.00 bits per heavy atom. The van der Waals surface area contributed by atoms with Crippen molar-refractivity contribution in [3.05, 3.63) is 0 Å². The molecule has 2 amide bonds. The molecule has 0 bridgehead atoms. The van der Waals surface area contributed by atoms with Crippen LogP contribution in [0, 0.1) is 0 Å². The summed E-state index contributed by atoms with van der Waals surface area (Å²) in [4.78, 5) is 21.6. The molecule has 82 valence electrons. The Kier molecular flexibility index (Phi) is 6.69. The van der Waals surface area contributed by atoms with E-state index in [1.807, 2.05) is 0 Å². The number of primary amides is 1. The van der Waals surface area contributed by atoms with Gasteiger partial charge in [-0.25, -0.2) is 0 Å². The SMILES string of the molecule is CNCCNC(=O)CC[C@H](N)C(N)=O. The Balaban J connectivity index is 3.48. The van der Waals surface area contributed by atoms with E-state index in [2.05, 4.69) is 10.6 Å². The fourth-order valence-corrected chi connectivity index (χ4v) is 0.844. The molecule has 1 atom stereocenters. The molecule has 0 aromatic rings. The zero-order valence-electron chi connectivity index (χ0n) is 8.38. The van der Waals surface area contributed by atoms with Crippen LogP contribution in [0.5, 0.6) is 0 Å². The molecule has 0 saturated heterocycles. The summed E-state index contributed by atoms with van der Waals surface area (Å²) in [5, 5.41) is 5.56. The summed E-state index contributed by atoms with van der Waals surface area (Å²) >= 11 is 0. The third kappa shape index (κ3) is 6.38. The van der Waals surface area contributed by atoms with Crippen LogP contribution < -0.4 is 22.1 Å². The smallest absolute Gasteiger partial charge is 0.234 e. The summed E-state index contributed by atoms with van der Waals surface area (Å²) in [5.74, 6) is -0.690. The van der Waals surface area contributed by atoms with E-state index in [0.717, 1.165) is 0 Å². The number of rotatable bonds is 7. The first-order chi connectivity index (χ1) is 6.57. The Bertz CT molecular complexity index is 196. The lowest BCUT2D eigenvalue weighted by Crippen LogP contribution is -2.38. The summed E-state index contributed by atoms with van der Waals surface area (Å²) < 4.78 is 0. The Morgan fingerprint density at radius 3 is 2.50 bits per heavy atom. The molecule has 14 heavy (non-hydrogen) atoms. The van der Waals surface area contributed by atoms with Crippen LogP contribution in [0.15, 0.2) is 0 Å². The van der Waals surface area contributed by atoms with Crippen molar-refractivity contribution in [2.75, 3.05) is 20.1 Å². The van der Waals surface area contributed by atoms with Crippen molar-refractivity contribution in [1.29, 1.82) is 0 Å². The maximum atomic E-state index is 11.1. The largest absolute Gasteiger partial charge is 0.368 e. The van der Waals surface area contributed by atoms with E-state index in [1.165, 1.54) is 0 Å². The van der Waals surface area contributed by atoms with Gasteiger partial charge in [0.2, 0.25) is 11.8 Å². The van der Waals surface area contributed by atoms with E-state index >= 15 is 0 Å². The van der Waals surface area contributed by atoms with Crippen molar-refractivity contribution in [2.24, 2.45) is 11.5 Å². The highest BCUT2D eigenvalue weighted by Gasteiger charge is 2.10. The number of likely N-dealkylation sites (N-methyl/N-ethyl adjacent to an activating group) is 1. The van der Waals surface area contributed by atoms with Crippen LogP contribution in [0.4, 0.5) is 0 Å². The standard InChI is InChI=1S/C8H18N4O2/c1-11-4-5-12-7(13)3-2-6(9)8(10)14/h6,11H,2-5,9H2,1H3,(H2,10,14)(H,12,13)/t6-/m0/s1. The van der Waals surface area contributed by atoms with Crippen molar-refractivity contribution >= 4 is 11.8 Å². The van der Waals surface area contributed by atoms with Crippen molar-refractivity contribution in [1.82, 2.24) is 10.6 Å². The monoisotopic (exact) mass is 202 g/mol. The average molecular weight is 202 g/mol. The molecule has 0 radical (unpaired) electrons. The van der Waals surface area contributed by atoms with Gasteiger partial charge in [-0.3, -0.25) is 9.59 Å². The molecular weight excluding hydrogens is 184 g/mol. The summed E-state index contributed by atoms with van der Waals surface area (Å²) in [5.41, 5.74) is 10.3. The van der Waals surface area contributed by atoms with Crippen LogP contribution >= 0.6 is 0 Å². The highest BCUT2D eigenvalue weighted by Crippen LogP contribution is 1.93. The number of amides is 2. The predicted molar refractivity (Wildman–Crippen MR) is 53.3 cm³/mol. The van der Waals surface area contributed by atoms with Gasteiger partial charge in [-0.05, 0) is 13.5 Å². The van der Waals surface area contributed by atoms with Crippen LogP contribution in [0.1, 0.15) is 12.8 Å². The first-order valence-electron chi connectivity index (χ1n) is 4.54. The van der Waals surface area contributed by atoms with Crippen LogP contribution in [0.25, 0.3) is 0 Å². The van der Waals surface area contributed by atoms with Gasteiger partial charge >= 0.3 is 0 Å². The van der Waals surface area contributed by atoms with E-state index in [-0.39, 0.29) is 12.3 Å². The van der Waals surface area contributed by atoms with Crippen LogP contribution in [-0.2, 0) is 9.59 Å². The maximum Gasteiger partial charge on any atom is 0.234 e. The molecule has 0 aliphatic rings. The van der Waals surface area contributed by atoms with Gasteiger partial charge in [0.05, 0.1) is 6.04 Å². The third-order valence-electron chi connectivity index (χ3n) is 1.75. The number of nitrogens with two attached hydrogens (primary N) is 2. The average Bonchev–Trinajstić information content (AvgIpc) is 2.14. The highest BCUT2D eigenvalue weighted by atomic mass is 16.2. The second-order valence-electron chi connectivity index (χ2n) is 3.00. The van der Waals surface area contributed by atoms with Gasteiger partial charge in [0.15, 0.2) is 0 Å². The lowest BCUT2D eigenvalue weighted by molar-refractivity contribution is -0.122. The highest BCUT2D eigenvalue weighted by molar-refractivity contribution is 5.81. The summed E-state index contributed by atoms with van der Waals surface area (Å²) in [6.07, 6.45) is 0.522. The molecular formula is C8H18N4O2. The van der Waals surface area contributed by atoms with Gasteiger partial charge in [0, 0.05) is 19.5 Å². The molecule has 0 fully saturated rings. The molecule has 0 unspecified atom stereocenters. The fraction of sp³-hybridized carbons (Fsp3) is 0.750. The van der Waals surface area contributed by atoms with Crippen LogP contribution in [-0.4, -0.2) is 38.0 Å². The van der Waals surface area contributed by atoms with E-state index in [0.29, 0.717) is 19.5 Å². The minimum Gasteiger partial charge on any atom is -0.368 e. The van der Waals surface area contributed by atoms with Crippen LogP contribution in [0.2, 0.25) is 0 Å². The van der Waals surface area contributed by atoms with E-state index in [9.17, 15) is 9.59 Å². The lowest BCUT2D eigenvalue weighted by Gasteiger charge is -2.07. The van der Waals surface area contributed by atoms with E-state index in [1.54, 1.807) is 7.05 Å². The van der Waals surface area contributed by atoms with E-state index in [4.69, 9.17) is 11.5 Å². The van der Waals surface area contributed by atoms with Crippen molar-refractivity contribution in [2.45, 2.75) is 18.9 Å². The zero-order valence-corrected chi connectivity index (χ0v) is 8.38. The molecule has 0 aromatic heterocycles. The Labute approximate surface area is 83.4 Å². The minimum absolute atomic E-state index is 0.114. The summed E-state index contributed by atoms with van der Waals surface area (Å²) in [6.45, 7) is 1.29. The fourth-order valence-electron chi connectivity index (χ4n) is 0.844. The molecule has 0 aliphatic carbocycles. The number of hydrogen-bond acceptors (Lipinski definition) is 4. The third-order valence-corrected chi connectivity index (χ3v) is 1.75. The van der Waals surface area contributed by atoms with Crippen molar-refractivity contribution in [3.8, 4) is 0 Å². The minimum atomic E-state index is -0.731. The molecule has 0 aliphatic heterocycles. The van der Waals surface area contributed by atoms with E-state index < -0.39 is 11.9 Å². The first kappa shape index (κ1) is 12.9. The Morgan fingerprint density at radius 1 is 1.36 bits per heavy atom. The maximum absolute atomic E-state index is 11.1. The molecule has 0 saturated carbocycles. The molecule has 6 heteroatoms. The number of hydrogen-bond donors (Lipinski definition) is 4. The molecule has 6 nitrogen and oxygen atoms in total. The van der Waals surface area contributed by atoms with Gasteiger partial charge in [-0.2, -0.15) is 0 Å².